The van der Waals surface area contributed by atoms with Gasteiger partial charge in [0.25, 0.3) is 5.56 Å². The first-order valence-corrected chi connectivity index (χ1v) is 6.28. The topological polar surface area (TPSA) is 48.0 Å². The van der Waals surface area contributed by atoms with E-state index in [1.807, 2.05) is 0 Å². The highest BCUT2D eigenvalue weighted by atomic mass is 79.9. The maximum absolute atomic E-state index is 13.5. The van der Waals surface area contributed by atoms with Crippen molar-refractivity contribution in [3.05, 3.63) is 62.0 Å². The van der Waals surface area contributed by atoms with Gasteiger partial charge in [-0.1, -0.05) is 0 Å². The third-order valence-electron chi connectivity index (χ3n) is 2.85. The Bertz CT molecular complexity index is 698. The standard InChI is InChI=1S/C13H11BrF2N2O/c1-7-11(17)6-18(13(19)12(7)14)5-8-4-9(15)2-3-10(8)16/h2-4,6H,5,17H2,1H3. The van der Waals surface area contributed by atoms with Gasteiger partial charge >= 0.3 is 0 Å². The Hall–Kier alpha value is -1.69. The van der Waals surface area contributed by atoms with Crippen LogP contribution in [0.3, 0.4) is 0 Å². The molecule has 0 atom stereocenters. The van der Waals surface area contributed by atoms with Crippen molar-refractivity contribution in [1.29, 1.82) is 0 Å². The van der Waals surface area contributed by atoms with Gasteiger partial charge in [0.15, 0.2) is 0 Å². The molecule has 0 spiro atoms. The maximum atomic E-state index is 13.5. The number of nitrogen functional groups attached to an aromatic ring is 1. The van der Waals surface area contributed by atoms with E-state index in [4.69, 9.17) is 5.73 Å². The van der Waals surface area contributed by atoms with Gasteiger partial charge in [0, 0.05) is 11.8 Å². The number of hydrogen-bond donors (Lipinski definition) is 1. The lowest BCUT2D eigenvalue weighted by atomic mass is 10.2. The normalized spacial score (nSPS) is 10.7. The summed E-state index contributed by atoms with van der Waals surface area (Å²) in [6.45, 7) is 1.62. The van der Waals surface area contributed by atoms with Gasteiger partial charge in [-0.05, 0) is 46.6 Å². The van der Waals surface area contributed by atoms with Crippen LogP contribution in [0.5, 0.6) is 0 Å². The monoisotopic (exact) mass is 328 g/mol. The van der Waals surface area contributed by atoms with Gasteiger partial charge in [0.1, 0.15) is 11.6 Å². The molecule has 0 bridgehead atoms. The largest absolute Gasteiger partial charge is 0.397 e. The third-order valence-corrected chi connectivity index (χ3v) is 3.79. The predicted octanol–water partition coefficient (Wildman–Crippen LogP) is 2.83. The quantitative estimate of drug-likeness (QED) is 0.921. The van der Waals surface area contributed by atoms with Crippen LogP contribution >= 0.6 is 15.9 Å². The highest BCUT2D eigenvalue weighted by Gasteiger charge is 2.11. The van der Waals surface area contributed by atoms with E-state index in [1.54, 1.807) is 6.92 Å². The van der Waals surface area contributed by atoms with E-state index >= 15 is 0 Å². The smallest absolute Gasteiger partial charge is 0.265 e. The van der Waals surface area contributed by atoms with Crippen LogP contribution in [0.2, 0.25) is 0 Å². The second-order valence-electron chi connectivity index (χ2n) is 4.19. The van der Waals surface area contributed by atoms with E-state index in [1.165, 1.54) is 10.8 Å². The molecule has 0 amide bonds. The van der Waals surface area contributed by atoms with Crippen molar-refractivity contribution in [2.24, 2.45) is 0 Å². The van der Waals surface area contributed by atoms with Crippen LogP contribution in [-0.2, 0) is 6.54 Å². The van der Waals surface area contributed by atoms with Gasteiger partial charge < -0.3 is 10.3 Å². The van der Waals surface area contributed by atoms with Crippen molar-refractivity contribution in [3.63, 3.8) is 0 Å². The third kappa shape index (κ3) is 2.68. The molecule has 2 N–H and O–H groups in total. The molecule has 1 aromatic heterocycles. The van der Waals surface area contributed by atoms with Crippen LogP contribution in [0.1, 0.15) is 11.1 Å². The molecular formula is C13H11BrF2N2O. The second kappa shape index (κ2) is 5.13. The average molecular weight is 329 g/mol. The zero-order valence-electron chi connectivity index (χ0n) is 10.1. The fourth-order valence-corrected chi connectivity index (χ4v) is 2.16. The Morgan fingerprint density at radius 2 is 2.05 bits per heavy atom. The summed E-state index contributed by atoms with van der Waals surface area (Å²) in [5.74, 6) is -1.12. The lowest BCUT2D eigenvalue weighted by molar-refractivity contribution is 0.574. The van der Waals surface area contributed by atoms with Gasteiger partial charge in [-0.25, -0.2) is 8.78 Å². The molecule has 2 aromatic rings. The number of anilines is 1. The minimum absolute atomic E-state index is 0.0779. The molecule has 6 heteroatoms. The minimum atomic E-state index is -0.566. The molecule has 0 saturated heterocycles. The van der Waals surface area contributed by atoms with Crippen molar-refractivity contribution >= 4 is 21.6 Å². The summed E-state index contributed by atoms with van der Waals surface area (Å²) in [4.78, 5) is 12.0. The van der Waals surface area contributed by atoms with Crippen molar-refractivity contribution in [2.45, 2.75) is 13.5 Å². The zero-order valence-corrected chi connectivity index (χ0v) is 11.7. The summed E-state index contributed by atoms with van der Waals surface area (Å²) in [6.07, 6.45) is 1.42. The molecule has 100 valence electrons. The SMILES string of the molecule is Cc1c(N)cn(Cc2cc(F)ccc2F)c(=O)c1Br. The summed E-state index contributed by atoms with van der Waals surface area (Å²) >= 11 is 3.15. The van der Waals surface area contributed by atoms with E-state index in [2.05, 4.69) is 15.9 Å². The Balaban J connectivity index is 2.50. The van der Waals surface area contributed by atoms with E-state index in [0.29, 0.717) is 15.7 Å². The molecule has 0 aliphatic heterocycles. The van der Waals surface area contributed by atoms with Crippen molar-refractivity contribution in [2.75, 3.05) is 5.73 Å². The Morgan fingerprint density at radius 3 is 2.74 bits per heavy atom. The summed E-state index contributed by atoms with van der Waals surface area (Å²) in [7, 11) is 0. The Labute approximate surface area is 116 Å². The van der Waals surface area contributed by atoms with Crippen molar-refractivity contribution < 1.29 is 8.78 Å². The van der Waals surface area contributed by atoms with Crippen LogP contribution in [0.25, 0.3) is 0 Å². The van der Waals surface area contributed by atoms with Crippen LogP contribution in [0, 0.1) is 18.6 Å². The van der Waals surface area contributed by atoms with Gasteiger partial charge in [-0.3, -0.25) is 4.79 Å². The van der Waals surface area contributed by atoms with Gasteiger partial charge in [-0.15, -0.1) is 0 Å². The molecule has 1 heterocycles. The molecule has 0 aliphatic rings. The molecule has 2 rings (SSSR count). The molecule has 0 aliphatic carbocycles. The number of benzene rings is 1. The molecule has 0 unspecified atom stereocenters. The molecule has 1 aromatic carbocycles. The lowest BCUT2D eigenvalue weighted by Crippen LogP contribution is -2.23. The molecule has 0 radical (unpaired) electrons. The second-order valence-corrected chi connectivity index (χ2v) is 4.99. The number of nitrogens with two attached hydrogens (primary N) is 1. The number of halogens is 3. The molecule has 0 saturated carbocycles. The summed E-state index contributed by atoms with van der Waals surface area (Å²) in [5.41, 5.74) is 6.54. The minimum Gasteiger partial charge on any atom is -0.397 e. The number of rotatable bonds is 2. The summed E-state index contributed by atoms with van der Waals surface area (Å²) in [6, 6.07) is 3.12. The Kier molecular flexibility index (Phi) is 3.71. The van der Waals surface area contributed by atoms with E-state index in [-0.39, 0.29) is 17.7 Å². The fourth-order valence-electron chi connectivity index (χ4n) is 1.70. The average Bonchev–Trinajstić information content (AvgIpc) is 2.37. The van der Waals surface area contributed by atoms with Crippen LogP contribution in [0.15, 0.2) is 33.7 Å². The molecule has 3 nitrogen and oxygen atoms in total. The fraction of sp³-hybridized carbons (Fsp3) is 0.154. The molecule has 0 fully saturated rings. The van der Waals surface area contributed by atoms with Crippen molar-refractivity contribution in [3.8, 4) is 0 Å². The predicted molar refractivity (Wildman–Crippen MR) is 73.0 cm³/mol. The lowest BCUT2D eigenvalue weighted by Gasteiger charge is -2.11. The number of pyridine rings is 1. The highest BCUT2D eigenvalue weighted by Crippen LogP contribution is 2.18. The van der Waals surface area contributed by atoms with E-state index in [9.17, 15) is 13.6 Å². The highest BCUT2D eigenvalue weighted by molar-refractivity contribution is 9.10. The van der Waals surface area contributed by atoms with E-state index in [0.717, 1.165) is 18.2 Å². The van der Waals surface area contributed by atoms with Gasteiger partial charge in [0.2, 0.25) is 0 Å². The maximum Gasteiger partial charge on any atom is 0.265 e. The first-order valence-electron chi connectivity index (χ1n) is 5.49. The molecular weight excluding hydrogens is 318 g/mol. The van der Waals surface area contributed by atoms with Crippen LogP contribution in [0.4, 0.5) is 14.5 Å². The first kappa shape index (κ1) is 13.7. The van der Waals surface area contributed by atoms with Crippen molar-refractivity contribution in [1.82, 2.24) is 4.57 Å². The molecule has 19 heavy (non-hydrogen) atoms. The summed E-state index contributed by atoms with van der Waals surface area (Å²) in [5, 5.41) is 0. The number of aromatic nitrogens is 1. The van der Waals surface area contributed by atoms with Gasteiger partial charge in [-0.2, -0.15) is 0 Å². The van der Waals surface area contributed by atoms with Crippen LogP contribution in [-0.4, -0.2) is 4.57 Å². The van der Waals surface area contributed by atoms with E-state index < -0.39 is 11.6 Å². The van der Waals surface area contributed by atoms with Gasteiger partial charge in [0.05, 0.1) is 16.7 Å². The Morgan fingerprint density at radius 1 is 1.37 bits per heavy atom. The zero-order chi connectivity index (χ0) is 14.2. The number of hydrogen-bond acceptors (Lipinski definition) is 2. The first-order chi connectivity index (χ1) is 8.90. The summed E-state index contributed by atoms with van der Waals surface area (Å²) < 4.78 is 28.2. The van der Waals surface area contributed by atoms with Crippen LogP contribution < -0.4 is 11.3 Å². The number of nitrogens with zero attached hydrogens (tertiary/aromatic N) is 1.